The van der Waals surface area contributed by atoms with E-state index < -0.39 is 0 Å². The summed E-state index contributed by atoms with van der Waals surface area (Å²) < 4.78 is 0. The molecule has 0 aromatic carbocycles. The first-order chi connectivity index (χ1) is 6.23. The number of hydrogen-bond acceptors (Lipinski definition) is 0. The molecule has 0 amide bonds. The molecule has 13 heavy (non-hydrogen) atoms. The molecule has 0 aliphatic heterocycles. The van der Waals surface area contributed by atoms with Crippen molar-refractivity contribution >= 4 is 0 Å². The van der Waals surface area contributed by atoms with Crippen molar-refractivity contribution in [2.24, 2.45) is 5.41 Å². The van der Waals surface area contributed by atoms with Gasteiger partial charge in [0.25, 0.3) is 0 Å². The molecule has 1 fully saturated rings. The van der Waals surface area contributed by atoms with E-state index in [4.69, 9.17) is 0 Å². The maximum absolute atomic E-state index is 2.51. The monoisotopic (exact) mass is 180 g/mol. The first-order valence-corrected chi connectivity index (χ1v) is 5.92. The Morgan fingerprint density at radius 1 is 1.23 bits per heavy atom. The highest BCUT2D eigenvalue weighted by Gasteiger charge is 2.42. The van der Waals surface area contributed by atoms with Gasteiger partial charge in [-0.2, -0.15) is 0 Å². The Labute approximate surface area is 83.4 Å². The smallest absolute Gasteiger partial charge is 0.00788 e. The van der Waals surface area contributed by atoms with Crippen LogP contribution in [0.15, 0.2) is 11.6 Å². The second-order valence-electron chi connectivity index (χ2n) is 4.71. The molecule has 1 saturated carbocycles. The fourth-order valence-electron chi connectivity index (χ4n) is 2.17. The summed E-state index contributed by atoms with van der Waals surface area (Å²) in [5.41, 5.74) is 2.37. The zero-order valence-electron chi connectivity index (χ0n) is 9.53. The lowest BCUT2D eigenvalue weighted by Gasteiger charge is -2.03. The van der Waals surface area contributed by atoms with Gasteiger partial charge in [-0.25, -0.2) is 0 Å². The van der Waals surface area contributed by atoms with Gasteiger partial charge >= 0.3 is 0 Å². The maximum atomic E-state index is 2.51. The Bertz CT molecular complexity index is 178. The molecule has 0 N–H and O–H groups in total. The summed E-state index contributed by atoms with van der Waals surface area (Å²) in [5.74, 6) is 0. The molecule has 76 valence electrons. The van der Waals surface area contributed by atoms with Gasteiger partial charge < -0.3 is 0 Å². The van der Waals surface area contributed by atoms with Gasteiger partial charge in [0.2, 0.25) is 0 Å². The third-order valence-corrected chi connectivity index (χ3v) is 3.23. The van der Waals surface area contributed by atoms with E-state index in [1.54, 1.807) is 5.57 Å². The van der Waals surface area contributed by atoms with Crippen molar-refractivity contribution in [2.75, 3.05) is 0 Å². The number of unbranched alkanes of at least 4 members (excludes halogenated alkanes) is 3. The zero-order chi connectivity index (χ0) is 9.73. The molecule has 0 heterocycles. The fraction of sp³-hybridized carbons (Fsp3) is 0.846. The summed E-state index contributed by atoms with van der Waals surface area (Å²) in [6, 6.07) is 0. The van der Waals surface area contributed by atoms with Crippen molar-refractivity contribution in [3.05, 3.63) is 11.6 Å². The Balaban J connectivity index is 2.17. The molecule has 1 unspecified atom stereocenters. The molecular weight excluding hydrogens is 156 g/mol. The molecule has 1 aliphatic rings. The van der Waals surface area contributed by atoms with Crippen LogP contribution in [0.25, 0.3) is 0 Å². The Morgan fingerprint density at radius 3 is 2.62 bits per heavy atom. The van der Waals surface area contributed by atoms with Gasteiger partial charge in [0.15, 0.2) is 0 Å². The molecule has 1 aliphatic carbocycles. The van der Waals surface area contributed by atoms with Crippen LogP contribution >= 0.6 is 0 Å². The highest BCUT2D eigenvalue weighted by molar-refractivity contribution is 5.30. The van der Waals surface area contributed by atoms with Crippen LogP contribution in [0.2, 0.25) is 0 Å². The van der Waals surface area contributed by atoms with E-state index in [2.05, 4.69) is 26.8 Å². The summed E-state index contributed by atoms with van der Waals surface area (Å²) in [5, 5.41) is 0. The van der Waals surface area contributed by atoms with Gasteiger partial charge in [-0.15, -0.1) is 0 Å². The van der Waals surface area contributed by atoms with E-state index >= 15 is 0 Å². The van der Waals surface area contributed by atoms with E-state index in [-0.39, 0.29) is 0 Å². The van der Waals surface area contributed by atoms with Crippen molar-refractivity contribution < 1.29 is 0 Å². The first kappa shape index (κ1) is 10.8. The maximum Gasteiger partial charge on any atom is -0.00788 e. The summed E-state index contributed by atoms with van der Waals surface area (Å²) in [4.78, 5) is 0. The molecule has 0 heteroatoms. The minimum absolute atomic E-state index is 0.626. The van der Waals surface area contributed by atoms with Crippen LogP contribution in [-0.2, 0) is 0 Å². The molecule has 0 bridgehead atoms. The lowest BCUT2D eigenvalue weighted by Crippen LogP contribution is -1.90. The second kappa shape index (κ2) is 4.83. The van der Waals surface area contributed by atoms with Gasteiger partial charge in [-0.3, -0.25) is 0 Å². The molecule has 0 aromatic heterocycles. The Morgan fingerprint density at radius 2 is 2.00 bits per heavy atom. The van der Waals surface area contributed by atoms with E-state index in [1.165, 1.54) is 44.9 Å². The lowest BCUT2D eigenvalue weighted by molar-refractivity contribution is 0.534. The van der Waals surface area contributed by atoms with Gasteiger partial charge in [0.1, 0.15) is 0 Å². The molecule has 0 nitrogen and oxygen atoms in total. The molecule has 1 atom stereocenters. The average Bonchev–Trinajstić information content (AvgIpc) is 2.72. The van der Waals surface area contributed by atoms with Crippen LogP contribution in [0, 0.1) is 5.41 Å². The molecular formula is C13H24. The highest BCUT2D eigenvalue weighted by atomic mass is 14.5. The third-order valence-electron chi connectivity index (χ3n) is 3.23. The van der Waals surface area contributed by atoms with E-state index in [9.17, 15) is 0 Å². The topological polar surface area (TPSA) is 0 Å². The van der Waals surface area contributed by atoms with Gasteiger partial charge in [-0.05, 0) is 31.1 Å². The molecule has 1 rings (SSSR count). The molecule has 0 aromatic rings. The number of rotatable bonds is 6. The fourth-order valence-corrected chi connectivity index (χ4v) is 2.17. The van der Waals surface area contributed by atoms with Gasteiger partial charge in [0.05, 0.1) is 0 Å². The average molecular weight is 180 g/mol. The van der Waals surface area contributed by atoms with Crippen LogP contribution in [0.4, 0.5) is 0 Å². The molecule has 0 saturated heterocycles. The van der Waals surface area contributed by atoms with Crippen LogP contribution in [0.5, 0.6) is 0 Å². The summed E-state index contributed by atoms with van der Waals surface area (Å²) in [6.45, 7) is 6.98. The predicted molar refractivity (Wildman–Crippen MR) is 59.9 cm³/mol. The summed E-state index contributed by atoms with van der Waals surface area (Å²) in [6.07, 6.45) is 12.1. The standard InChI is InChI=1S/C13H24/c1-4-6-7-8-9-12-11-13(12,3)10-5-2/h9H,4-8,10-11H2,1-3H3. The van der Waals surface area contributed by atoms with Crippen molar-refractivity contribution in [1.29, 1.82) is 0 Å². The van der Waals surface area contributed by atoms with E-state index in [0.717, 1.165) is 0 Å². The highest BCUT2D eigenvalue weighted by Crippen LogP contribution is 2.55. The first-order valence-electron chi connectivity index (χ1n) is 5.92. The normalized spacial score (nSPS) is 29.6. The number of allylic oxidation sites excluding steroid dienone is 2. The van der Waals surface area contributed by atoms with Crippen LogP contribution in [0.3, 0.4) is 0 Å². The van der Waals surface area contributed by atoms with Crippen molar-refractivity contribution in [3.8, 4) is 0 Å². The SMILES string of the molecule is CCCCCC=C1CC1(C)CCC. The largest absolute Gasteiger partial charge is 0.0847 e. The quantitative estimate of drug-likeness (QED) is 0.410. The zero-order valence-corrected chi connectivity index (χ0v) is 9.53. The summed E-state index contributed by atoms with van der Waals surface area (Å²) in [7, 11) is 0. The van der Waals surface area contributed by atoms with Gasteiger partial charge in [0, 0.05) is 0 Å². The molecule has 0 spiro atoms. The van der Waals surface area contributed by atoms with Gasteiger partial charge in [-0.1, -0.05) is 51.7 Å². The minimum Gasteiger partial charge on any atom is -0.0847 e. The van der Waals surface area contributed by atoms with E-state index in [0.29, 0.717) is 5.41 Å². The second-order valence-corrected chi connectivity index (χ2v) is 4.71. The number of hydrogen-bond donors (Lipinski definition) is 0. The van der Waals surface area contributed by atoms with Crippen molar-refractivity contribution in [2.45, 2.75) is 65.7 Å². The van der Waals surface area contributed by atoms with Crippen molar-refractivity contribution in [3.63, 3.8) is 0 Å². The third kappa shape index (κ3) is 3.17. The Hall–Kier alpha value is -0.260. The van der Waals surface area contributed by atoms with Crippen LogP contribution in [0.1, 0.15) is 65.7 Å². The van der Waals surface area contributed by atoms with Crippen molar-refractivity contribution in [1.82, 2.24) is 0 Å². The minimum atomic E-state index is 0.626. The predicted octanol–water partition coefficient (Wildman–Crippen LogP) is 4.70. The molecule has 0 radical (unpaired) electrons. The van der Waals surface area contributed by atoms with E-state index in [1.807, 2.05) is 0 Å². The van der Waals surface area contributed by atoms with Crippen LogP contribution in [-0.4, -0.2) is 0 Å². The lowest BCUT2D eigenvalue weighted by atomic mass is 10.0. The summed E-state index contributed by atoms with van der Waals surface area (Å²) >= 11 is 0. The van der Waals surface area contributed by atoms with Crippen LogP contribution < -0.4 is 0 Å². The Kier molecular flexibility index (Phi) is 4.02.